The van der Waals surface area contributed by atoms with Crippen LogP contribution in [0.5, 0.6) is 0 Å². The third kappa shape index (κ3) is 2.58. The van der Waals surface area contributed by atoms with E-state index in [2.05, 4.69) is 15.8 Å². The van der Waals surface area contributed by atoms with Gasteiger partial charge in [-0.2, -0.15) is 5.10 Å². The van der Waals surface area contributed by atoms with E-state index in [1.54, 1.807) is 0 Å². The van der Waals surface area contributed by atoms with Gasteiger partial charge in [-0.25, -0.2) is 0 Å². The van der Waals surface area contributed by atoms with Gasteiger partial charge in [-0.1, -0.05) is 0 Å². The topological polar surface area (TPSA) is 46.9 Å². The summed E-state index contributed by atoms with van der Waals surface area (Å²) in [6.45, 7) is 1.55. The molecule has 0 fully saturated rings. The molecule has 2 aromatic heterocycles. The van der Waals surface area contributed by atoms with Crippen LogP contribution in [0.15, 0.2) is 17.6 Å². The molecule has 1 amide bonds. The summed E-state index contributed by atoms with van der Waals surface area (Å²) in [4.78, 5) is 14.0. The second kappa shape index (κ2) is 5.88. The van der Waals surface area contributed by atoms with E-state index < -0.39 is 0 Å². The van der Waals surface area contributed by atoms with Crippen molar-refractivity contribution in [2.75, 3.05) is 0 Å². The van der Waals surface area contributed by atoms with Gasteiger partial charge in [0.05, 0.1) is 0 Å². The number of aryl methyl sites for hydroxylation is 2. The molecule has 0 aromatic carbocycles. The highest BCUT2D eigenvalue weighted by Crippen LogP contribution is 2.30. The predicted molar refractivity (Wildman–Crippen MR) is 86.8 cm³/mol. The molecule has 4 nitrogen and oxygen atoms in total. The first kappa shape index (κ1) is 14.0. The van der Waals surface area contributed by atoms with Crippen molar-refractivity contribution in [1.82, 2.24) is 15.1 Å². The summed E-state index contributed by atoms with van der Waals surface area (Å²) in [5.41, 5.74) is 4.03. The highest BCUT2D eigenvalue weighted by atomic mass is 32.1. The molecule has 116 valence electrons. The molecule has 1 atom stereocenters. The van der Waals surface area contributed by atoms with Gasteiger partial charge in [0.15, 0.2) is 0 Å². The average Bonchev–Trinajstić information content (AvgIpc) is 3.18. The number of hydrogen-bond donors (Lipinski definition) is 1. The summed E-state index contributed by atoms with van der Waals surface area (Å²) in [5.74, 6) is 0.293. The van der Waals surface area contributed by atoms with E-state index in [1.165, 1.54) is 47.4 Å². The summed E-state index contributed by atoms with van der Waals surface area (Å²) in [6, 6.07) is 2.02. The normalized spacial score (nSPS) is 20.3. The Hall–Kier alpha value is -1.62. The van der Waals surface area contributed by atoms with E-state index in [-0.39, 0.29) is 11.8 Å². The lowest BCUT2D eigenvalue weighted by Gasteiger charge is -2.22. The Balaban J connectivity index is 1.38. The van der Waals surface area contributed by atoms with Gasteiger partial charge in [0.1, 0.15) is 0 Å². The zero-order valence-electron chi connectivity index (χ0n) is 12.7. The first-order valence-electron chi connectivity index (χ1n) is 8.18. The molecule has 0 bridgehead atoms. The molecule has 0 radical (unpaired) electrons. The van der Waals surface area contributed by atoms with Crippen LogP contribution in [0.1, 0.15) is 41.0 Å². The fourth-order valence-electron chi connectivity index (χ4n) is 3.63. The molecule has 1 aliphatic carbocycles. The number of thiophene rings is 1. The molecule has 5 heteroatoms. The van der Waals surface area contributed by atoms with Crippen molar-refractivity contribution in [1.29, 1.82) is 0 Å². The van der Waals surface area contributed by atoms with Gasteiger partial charge in [-0.3, -0.25) is 9.48 Å². The summed E-state index contributed by atoms with van der Waals surface area (Å²) in [7, 11) is 0. The molecule has 2 aliphatic rings. The number of hydrogen-bond acceptors (Lipinski definition) is 3. The van der Waals surface area contributed by atoms with Crippen LogP contribution in [-0.2, 0) is 37.1 Å². The zero-order chi connectivity index (χ0) is 14.9. The second-order valence-electron chi connectivity index (χ2n) is 6.32. The Morgan fingerprint density at radius 2 is 2.32 bits per heavy atom. The average molecular weight is 315 g/mol. The quantitative estimate of drug-likeness (QED) is 0.946. The van der Waals surface area contributed by atoms with E-state index in [9.17, 15) is 4.79 Å². The number of nitrogens with one attached hydrogen (secondary N) is 1. The number of carbonyl (C=O) groups is 1. The molecule has 0 saturated carbocycles. The van der Waals surface area contributed by atoms with Crippen LogP contribution < -0.4 is 5.32 Å². The molecule has 1 aliphatic heterocycles. The van der Waals surface area contributed by atoms with Crippen molar-refractivity contribution in [2.45, 2.75) is 51.6 Å². The molecule has 22 heavy (non-hydrogen) atoms. The van der Waals surface area contributed by atoms with Gasteiger partial charge in [0.2, 0.25) is 5.91 Å². The molecule has 1 unspecified atom stereocenters. The highest BCUT2D eigenvalue weighted by Gasteiger charge is 2.25. The Morgan fingerprint density at radius 3 is 3.27 bits per heavy atom. The van der Waals surface area contributed by atoms with Gasteiger partial charge >= 0.3 is 0 Å². The van der Waals surface area contributed by atoms with Crippen molar-refractivity contribution in [3.63, 3.8) is 0 Å². The molecule has 0 spiro atoms. The highest BCUT2D eigenvalue weighted by molar-refractivity contribution is 7.10. The van der Waals surface area contributed by atoms with Crippen LogP contribution in [0.25, 0.3) is 0 Å². The third-order valence-electron chi connectivity index (χ3n) is 4.92. The van der Waals surface area contributed by atoms with Crippen LogP contribution in [0.2, 0.25) is 0 Å². The molecular weight excluding hydrogens is 294 g/mol. The fourth-order valence-corrected chi connectivity index (χ4v) is 4.77. The molecule has 4 rings (SSSR count). The van der Waals surface area contributed by atoms with Crippen LogP contribution in [0, 0.1) is 5.92 Å². The Kier molecular flexibility index (Phi) is 3.74. The largest absolute Gasteiger partial charge is 0.352 e. The lowest BCUT2D eigenvalue weighted by atomic mass is 9.94. The molecule has 0 saturated heterocycles. The maximum atomic E-state index is 12.5. The number of rotatable bonds is 3. The van der Waals surface area contributed by atoms with E-state index in [1.807, 2.05) is 28.3 Å². The minimum atomic E-state index is 0.0960. The second-order valence-corrected chi connectivity index (χ2v) is 7.29. The van der Waals surface area contributed by atoms with Crippen molar-refractivity contribution in [3.8, 4) is 0 Å². The van der Waals surface area contributed by atoms with Gasteiger partial charge in [0, 0.05) is 42.2 Å². The van der Waals surface area contributed by atoms with Crippen LogP contribution >= 0.6 is 11.3 Å². The van der Waals surface area contributed by atoms with Crippen molar-refractivity contribution in [3.05, 3.63) is 39.3 Å². The maximum absolute atomic E-state index is 12.5. The predicted octanol–water partition coefficient (Wildman–Crippen LogP) is 2.70. The number of nitrogens with zero attached hydrogens (tertiary/aromatic N) is 2. The Labute approximate surface area is 134 Å². The van der Waals surface area contributed by atoms with Crippen molar-refractivity contribution < 1.29 is 4.79 Å². The smallest absolute Gasteiger partial charge is 0.223 e. The SMILES string of the molecule is O=C(NCc1csc2c1CCCC2)C1CCn2nccc2C1. The molecule has 1 N–H and O–H groups in total. The minimum absolute atomic E-state index is 0.0960. The molecule has 3 heterocycles. The van der Waals surface area contributed by atoms with E-state index in [4.69, 9.17) is 0 Å². The molecular formula is C17H21N3OS. The van der Waals surface area contributed by atoms with E-state index in [0.717, 1.165) is 19.4 Å². The number of fused-ring (bicyclic) bond motifs is 2. The lowest BCUT2D eigenvalue weighted by molar-refractivity contribution is -0.125. The summed E-state index contributed by atoms with van der Waals surface area (Å²) in [5, 5.41) is 9.68. The third-order valence-corrected chi connectivity index (χ3v) is 6.06. The van der Waals surface area contributed by atoms with E-state index in [0.29, 0.717) is 6.54 Å². The number of carbonyl (C=O) groups excluding carboxylic acids is 1. The van der Waals surface area contributed by atoms with Crippen LogP contribution in [-0.4, -0.2) is 15.7 Å². The Morgan fingerprint density at radius 1 is 1.41 bits per heavy atom. The number of aromatic nitrogens is 2. The van der Waals surface area contributed by atoms with E-state index >= 15 is 0 Å². The maximum Gasteiger partial charge on any atom is 0.223 e. The van der Waals surface area contributed by atoms with Crippen LogP contribution in [0.4, 0.5) is 0 Å². The van der Waals surface area contributed by atoms with Gasteiger partial charge in [-0.15, -0.1) is 11.3 Å². The van der Waals surface area contributed by atoms with Gasteiger partial charge < -0.3 is 5.32 Å². The number of amides is 1. The zero-order valence-corrected chi connectivity index (χ0v) is 13.5. The van der Waals surface area contributed by atoms with Crippen molar-refractivity contribution in [2.24, 2.45) is 5.92 Å². The fraction of sp³-hybridized carbons (Fsp3) is 0.529. The lowest BCUT2D eigenvalue weighted by Crippen LogP contribution is -2.35. The van der Waals surface area contributed by atoms with Gasteiger partial charge in [-0.05, 0) is 54.7 Å². The standard InChI is InChI=1S/C17H21N3OS/c21-17(12-6-8-20-14(9-12)5-7-19-20)18-10-13-11-22-16-4-2-1-3-15(13)16/h5,7,11-12H,1-4,6,8-10H2,(H,18,21). The van der Waals surface area contributed by atoms with Crippen molar-refractivity contribution >= 4 is 17.2 Å². The van der Waals surface area contributed by atoms with Gasteiger partial charge in [0.25, 0.3) is 0 Å². The Bertz CT molecular complexity index is 688. The molecule has 2 aromatic rings. The summed E-state index contributed by atoms with van der Waals surface area (Å²) in [6.07, 6.45) is 8.54. The minimum Gasteiger partial charge on any atom is -0.352 e. The van der Waals surface area contributed by atoms with Crippen LogP contribution in [0.3, 0.4) is 0 Å². The summed E-state index contributed by atoms with van der Waals surface area (Å²) >= 11 is 1.87. The first-order chi connectivity index (χ1) is 10.8. The summed E-state index contributed by atoms with van der Waals surface area (Å²) < 4.78 is 2.01. The first-order valence-corrected chi connectivity index (χ1v) is 9.06. The monoisotopic (exact) mass is 315 g/mol.